The highest BCUT2D eigenvalue weighted by atomic mass is 16.5. The third-order valence-corrected chi connectivity index (χ3v) is 4.78. The van der Waals surface area contributed by atoms with E-state index in [1.165, 1.54) is 12.0 Å². The van der Waals surface area contributed by atoms with Crippen LogP contribution in [-0.4, -0.2) is 39.7 Å². The van der Waals surface area contributed by atoms with Crippen LogP contribution in [0, 0.1) is 0 Å². The molecule has 1 aromatic carbocycles. The van der Waals surface area contributed by atoms with E-state index >= 15 is 0 Å². The van der Waals surface area contributed by atoms with Crippen molar-refractivity contribution < 1.29 is 4.52 Å². The monoisotopic (exact) mass is 334 g/mol. The molecule has 1 fully saturated rings. The van der Waals surface area contributed by atoms with E-state index in [0.717, 1.165) is 43.9 Å². The highest BCUT2D eigenvalue weighted by molar-refractivity contribution is 5.51. The largest absolute Gasteiger partial charge is 0.339 e. The molecule has 4 rings (SSSR count). The highest BCUT2D eigenvalue weighted by Gasteiger charge is 2.26. The maximum absolute atomic E-state index is 5.55. The summed E-state index contributed by atoms with van der Waals surface area (Å²) in [5, 5.41) is 4.14. The van der Waals surface area contributed by atoms with Crippen LogP contribution in [0.3, 0.4) is 0 Å². The van der Waals surface area contributed by atoms with E-state index in [1.807, 2.05) is 12.1 Å². The van der Waals surface area contributed by atoms with Crippen molar-refractivity contribution in [2.24, 2.45) is 0 Å². The first kappa shape index (κ1) is 16.0. The predicted octanol–water partition coefficient (Wildman–Crippen LogP) is 3.55. The molecule has 0 amide bonds. The average molecular weight is 334 g/mol. The number of hydrogen-bond acceptors (Lipinski definition) is 5. The van der Waals surface area contributed by atoms with Crippen molar-refractivity contribution in [3.05, 3.63) is 66.3 Å². The fourth-order valence-electron chi connectivity index (χ4n) is 3.41. The summed E-state index contributed by atoms with van der Waals surface area (Å²) in [6, 6.07) is 14.5. The van der Waals surface area contributed by atoms with Crippen LogP contribution >= 0.6 is 0 Å². The van der Waals surface area contributed by atoms with Crippen LogP contribution < -0.4 is 0 Å². The van der Waals surface area contributed by atoms with E-state index < -0.39 is 0 Å². The lowest BCUT2D eigenvalue weighted by molar-refractivity contribution is 0.189. The molecular weight excluding hydrogens is 312 g/mol. The van der Waals surface area contributed by atoms with Gasteiger partial charge in [-0.2, -0.15) is 4.98 Å². The molecule has 0 aliphatic carbocycles. The van der Waals surface area contributed by atoms with E-state index in [2.05, 4.69) is 50.4 Å². The molecule has 1 aliphatic rings. The SMILES string of the molecule is c1ccc(CCN2CCC[C@H](c3nc(-c4cccnc4)no3)C2)cc1. The van der Waals surface area contributed by atoms with Crippen LogP contribution in [0.25, 0.3) is 11.4 Å². The normalized spacial score (nSPS) is 18.3. The number of piperidine rings is 1. The molecule has 0 spiro atoms. The Hall–Kier alpha value is -2.53. The topological polar surface area (TPSA) is 55.1 Å². The van der Waals surface area contributed by atoms with Gasteiger partial charge in [-0.25, -0.2) is 0 Å². The van der Waals surface area contributed by atoms with Crippen molar-refractivity contribution in [2.45, 2.75) is 25.2 Å². The minimum atomic E-state index is 0.322. The Labute approximate surface area is 147 Å². The Morgan fingerprint density at radius 2 is 2.04 bits per heavy atom. The Bertz CT molecular complexity index is 788. The number of aromatic nitrogens is 3. The molecule has 3 aromatic rings. The number of hydrogen-bond donors (Lipinski definition) is 0. The standard InChI is InChI=1S/C20H22N4O/c1-2-6-16(7-3-1)10-13-24-12-5-9-18(15-24)20-22-19(23-25-20)17-8-4-11-21-14-17/h1-4,6-8,11,14,18H,5,9-10,12-13,15H2/t18-/m0/s1. The molecule has 0 unspecified atom stereocenters. The van der Waals surface area contributed by atoms with Gasteiger partial charge in [0.25, 0.3) is 0 Å². The number of rotatable bonds is 5. The second-order valence-electron chi connectivity index (χ2n) is 6.57. The zero-order valence-corrected chi connectivity index (χ0v) is 14.2. The first-order valence-corrected chi connectivity index (χ1v) is 8.89. The van der Waals surface area contributed by atoms with Gasteiger partial charge in [-0.3, -0.25) is 4.98 Å². The van der Waals surface area contributed by atoms with Gasteiger partial charge in [0, 0.05) is 31.0 Å². The fraction of sp³-hybridized carbons (Fsp3) is 0.350. The van der Waals surface area contributed by atoms with Crippen molar-refractivity contribution >= 4 is 0 Å². The molecule has 1 aliphatic heterocycles. The molecule has 5 nitrogen and oxygen atoms in total. The molecular formula is C20H22N4O. The van der Waals surface area contributed by atoms with Gasteiger partial charge in [0.2, 0.25) is 11.7 Å². The maximum atomic E-state index is 5.55. The highest BCUT2D eigenvalue weighted by Crippen LogP contribution is 2.27. The molecule has 3 heterocycles. The third-order valence-electron chi connectivity index (χ3n) is 4.78. The van der Waals surface area contributed by atoms with Crippen molar-refractivity contribution in [2.75, 3.05) is 19.6 Å². The Kier molecular flexibility index (Phi) is 4.84. The zero-order valence-electron chi connectivity index (χ0n) is 14.2. The van der Waals surface area contributed by atoms with Gasteiger partial charge < -0.3 is 9.42 Å². The minimum Gasteiger partial charge on any atom is -0.339 e. The second-order valence-corrected chi connectivity index (χ2v) is 6.57. The summed E-state index contributed by atoms with van der Waals surface area (Å²) < 4.78 is 5.55. The van der Waals surface area contributed by atoms with Crippen LogP contribution in [0.4, 0.5) is 0 Å². The molecule has 25 heavy (non-hydrogen) atoms. The molecule has 128 valence electrons. The Morgan fingerprint density at radius 3 is 2.88 bits per heavy atom. The molecule has 1 atom stereocenters. The van der Waals surface area contributed by atoms with Crippen molar-refractivity contribution in [3.63, 3.8) is 0 Å². The zero-order chi connectivity index (χ0) is 16.9. The van der Waals surface area contributed by atoms with Crippen LogP contribution in [0.2, 0.25) is 0 Å². The number of pyridine rings is 1. The summed E-state index contributed by atoms with van der Waals surface area (Å²) in [5.74, 6) is 1.70. The van der Waals surface area contributed by atoms with E-state index in [1.54, 1.807) is 12.4 Å². The van der Waals surface area contributed by atoms with Gasteiger partial charge >= 0.3 is 0 Å². The summed E-state index contributed by atoms with van der Waals surface area (Å²) >= 11 is 0. The quantitative estimate of drug-likeness (QED) is 0.714. The van der Waals surface area contributed by atoms with Crippen LogP contribution in [0.15, 0.2) is 59.4 Å². The van der Waals surface area contributed by atoms with Crippen molar-refractivity contribution in [3.8, 4) is 11.4 Å². The first-order chi connectivity index (χ1) is 12.4. The predicted molar refractivity (Wildman–Crippen MR) is 96.1 cm³/mol. The lowest BCUT2D eigenvalue weighted by Crippen LogP contribution is -2.35. The summed E-state index contributed by atoms with van der Waals surface area (Å²) in [6.07, 6.45) is 6.87. The Balaban J connectivity index is 1.39. The summed E-state index contributed by atoms with van der Waals surface area (Å²) in [4.78, 5) is 11.2. The van der Waals surface area contributed by atoms with E-state index in [9.17, 15) is 0 Å². The van der Waals surface area contributed by atoms with Gasteiger partial charge in [0.1, 0.15) is 0 Å². The van der Waals surface area contributed by atoms with Gasteiger partial charge in [-0.1, -0.05) is 35.5 Å². The van der Waals surface area contributed by atoms with Gasteiger partial charge in [-0.15, -0.1) is 0 Å². The van der Waals surface area contributed by atoms with Crippen LogP contribution in [0.1, 0.15) is 30.2 Å². The maximum Gasteiger partial charge on any atom is 0.231 e. The number of likely N-dealkylation sites (tertiary alicyclic amines) is 1. The van der Waals surface area contributed by atoms with Gasteiger partial charge in [-0.05, 0) is 43.5 Å². The van der Waals surface area contributed by atoms with E-state index in [-0.39, 0.29) is 0 Å². The van der Waals surface area contributed by atoms with Gasteiger partial charge in [0.05, 0.1) is 5.92 Å². The first-order valence-electron chi connectivity index (χ1n) is 8.89. The van der Waals surface area contributed by atoms with Crippen LogP contribution in [-0.2, 0) is 6.42 Å². The molecule has 0 bridgehead atoms. The van der Waals surface area contributed by atoms with E-state index in [0.29, 0.717) is 11.7 Å². The van der Waals surface area contributed by atoms with Crippen molar-refractivity contribution in [1.29, 1.82) is 0 Å². The molecule has 1 saturated heterocycles. The third kappa shape index (κ3) is 3.94. The molecule has 0 radical (unpaired) electrons. The van der Waals surface area contributed by atoms with Crippen molar-refractivity contribution in [1.82, 2.24) is 20.0 Å². The summed E-state index contributed by atoms with van der Waals surface area (Å²) in [5.41, 5.74) is 2.29. The second kappa shape index (κ2) is 7.57. The van der Waals surface area contributed by atoms with E-state index in [4.69, 9.17) is 4.52 Å². The number of nitrogens with zero attached hydrogens (tertiary/aromatic N) is 4. The number of benzene rings is 1. The fourth-order valence-corrected chi connectivity index (χ4v) is 3.41. The molecule has 0 N–H and O–H groups in total. The summed E-state index contributed by atoms with van der Waals surface area (Å²) in [7, 11) is 0. The lowest BCUT2D eigenvalue weighted by atomic mass is 9.97. The lowest BCUT2D eigenvalue weighted by Gasteiger charge is -2.30. The molecule has 2 aromatic heterocycles. The summed E-state index contributed by atoms with van der Waals surface area (Å²) in [6.45, 7) is 3.21. The van der Waals surface area contributed by atoms with Gasteiger partial charge in [0.15, 0.2) is 0 Å². The molecule has 0 saturated carbocycles. The average Bonchev–Trinajstić information content (AvgIpc) is 3.18. The Morgan fingerprint density at radius 1 is 1.12 bits per heavy atom. The van der Waals surface area contributed by atoms with Crippen LogP contribution in [0.5, 0.6) is 0 Å². The molecule has 5 heteroatoms. The minimum absolute atomic E-state index is 0.322. The smallest absolute Gasteiger partial charge is 0.231 e.